The van der Waals surface area contributed by atoms with Gasteiger partial charge in [0, 0.05) is 13.5 Å². The summed E-state index contributed by atoms with van der Waals surface area (Å²) in [5.41, 5.74) is 0. The minimum absolute atomic E-state index is 0.0896. The molecule has 0 amide bonds. The molecular formula is C21H44O3Si. The van der Waals surface area contributed by atoms with Crippen LogP contribution in [0.25, 0.3) is 0 Å². The van der Waals surface area contributed by atoms with Crippen LogP contribution in [0.2, 0.25) is 13.1 Å². The van der Waals surface area contributed by atoms with Crippen molar-refractivity contribution >= 4 is 14.5 Å². The molecule has 0 spiro atoms. The molecule has 25 heavy (non-hydrogen) atoms. The predicted molar refractivity (Wildman–Crippen MR) is 110 cm³/mol. The van der Waals surface area contributed by atoms with Crippen molar-refractivity contribution in [3.63, 3.8) is 0 Å². The van der Waals surface area contributed by atoms with Crippen LogP contribution >= 0.6 is 0 Å². The fourth-order valence-corrected chi connectivity index (χ4v) is 3.74. The van der Waals surface area contributed by atoms with Gasteiger partial charge in [0.2, 0.25) is 0 Å². The third-order valence-corrected chi connectivity index (χ3v) is 6.54. The lowest BCUT2D eigenvalue weighted by Crippen LogP contribution is -2.35. The molecular weight excluding hydrogens is 328 g/mol. The molecule has 3 nitrogen and oxygen atoms in total. The van der Waals surface area contributed by atoms with Gasteiger partial charge in [-0.3, -0.25) is 4.79 Å². The molecule has 0 aliphatic carbocycles. The first-order valence-corrected chi connectivity index (χ1v) is 13.6. The first-order valence-electron chi connectivity index (χ1n) is 10.8. The van der Waals surface area contributed by atoms with E-state index in [1.807, 2.05) is 13.1 Å². The van der Waals surface area contributed by atoms with Crippen LogP contribution in [0.5, 0.6) is 0 Å². The molecule has 150 valence electrons. The highest BCUT2D eigenvalue weighted by atomic mass is 28.4. The van der Waals surface area contributed by atoms with Gasteiger partial charge < -0.3 is 8.85 Å². The number of carbonyl (C=O) groups excluding carboxylic acids is 1. The van der Waals surface area contributed by atoms with Crippen LogP contribution < -0.4 is 0 Å². The molecule has 0 aliphatic rings. The third-order valence-electron chi connectivity index (χ3n) is 4.84. The number of carbonyl (C=O) groups is 1. The topological polar surface area (TPSA) is 35.5 Å². The Morgan fingerprint density at radius 2 is 1.04 bits per heavy atom. The lowest BCUT2D eigenvalue weighted by atomic mass is 10.0. The van der Waals surface area contributed by atoms with E-state index in [0.29, 0.717) is 6.42 Å². The zero-order chi connectivity index (χ0) is 18.8. The maximum Gasteiger partial charge on any atom is 0.394 e. The Labute approximate surface area is 158 Å². The molecule has 0 saturated heterocycles. The summed E-state index contributed by atoms with van der Waals surface area (Å²) in [6.07, 6.45) is 20.7. The summed E-state index contributed by atoms with van der Waals surface area (Å²) in [6, 6.07) is 0. The monoisotopic (exact) mass is 372 g/mol. The average Bonchev–Trinajstić information content (AvgIpc) is 2.58. The van der Waals surface area contributed by atoms with Crippen molar-refractivity contribution in [2.24, 2.45) is 0 Å². The summed E-state index contributed by atoms with van der Waals surface area (Å²) in [7, 11) is -0.581. The van der Waals surface area contributed by atoms with Crippen molar-refractivity contribution in [2.75, 3.05) is 7.11 Å². The standard InChI is InChI=1S/C21H44O3Si/c1-5-6-7-8-9-10-11-12-13-14-15-16-17-18-19-20-21(22)24-25(3,4)23-2/h5-20H2,1-4H3. The summed E-state index contributed by atoms with van der Waals surface area (Å²) >= 11 is 0. The van der Waals surface area contributed by atoms with E-state index in [-0.39, 0.29) is 5.97 Å². The lowest BCUT2D eigenvalue weighted by molar-refractivity contribution is -0.136. The van der Waals surface area contributed by atoms with E-state index in [4.69, 9.17) is 8.85 Å². The van der Waals surface area contributed by atoms with Gasteiger partial charge in [0.1, 0.15) is 0 Å². The molecule has 0 aromatic carbocycles. The quantitative estimate of drug-likeness (QED) is 0.189. The van der Waals surface area contributed by atoms with Crippen molar-refractivity contribution in [2.45, 2.75) is 123 Å². The molecule has 0 fully saturated rings. The van der Waals surface area contributed by atoms with E-state index in [1.54, 1.807) is 7.11 Å². The van der Waals surface area contributed by atoms with Gasteiger partial charge in [-0.25, -0.2) is 0 Å². The fraction of sp³-hybridized carbons (Fsp3) is 0.952. The van der Waals surface area contributed by atoms with Crippen LogP contribution in [-0.2, 0) is 13.6 Å². The first kappa shape index (κ1) is 24.6. The van der Waals surface area contributed by atoms with Gasteiger partial charge in [-0.2, -0.15) is 0 Å². The Morgan fingerprint density at radius 3 is 1.40 bits per heavy atom. The summed E-state index contributed by atoms with van der Waals surface area (Å²) in [4.78, 5) is 11.7. The van der Waals surface area contributed by atoms with Crippen LogP contribution in [0.3, 0.4) is 0 Å². The SMILES string of the molecule is CCCCCCCCCCCCCCCCCC(=O)O[Si](C)(C)OC. The van der Waals surface area contributed by atoms with E-state index in [2.05, 4.69) is 6.92 Å². The molecule has 4 heteroatoms. The first-order chi connectivity index (χ1) is 12.0. The van der Waals surface area contributed by atoms with E-state index in [0.717, 1.165) is 12.8 Å². The van der Waals surface area contributed by atoms with Gasteiger partial charge in [0.15, 0.2) is 0 Å². The van der Waals surface area contributed by atoms with Crippen molar-refractivity contribution in [3.8, 4) is 0 Å². The minimum atomic E-state index is -2.20. The van der Waals surface area contributed by atoms with Crippen molar-refractivity contribution in [3.05, 3.63) is 0 Å². The van der Waals surface area contributed by atoms with Crippen molar-refractivity contribution in [1.29, 1.82) is 0 Å². The minimum Gasteiger partial charge on any atom is -0.494 e. The van der Waals surface area contributed by atoms with E-state index in [9.17, 15) is 4.79 Å². The maximum atomic E-state index is 11.7. The summed E-state index contributed by atoms with van der Waals surface area (Å²) in [6.45, 7) is 6.08. The van der Waals surface area contributed by atoms with Crippen molar-refractivity contribution < 1.29 is 13.6 Å². The number of rotatable bonds is 18. The Kier molecular flexibility index (Phi) is 16.8. The zero-order valence-electron chi connectivity index (χ0n) is 17.5. The molecule has 0 aromatic rings. The number of unbranched alkanes of at least 4 members (excludes halogenated alkanes) is 14. The largest absolute Gasteiger partial charge is 0.494 e. The van der Waals surface area contributed by atoms with Crippen LogP contribution in [-0.4, -0.2) is 21.6 Å². The summed E-state index contributed by atoms with van der Waals surface area (Å²) in [5, 5.41) is 0. The van der Waals surface area contributed by atoms with Crippen molar-refractivity contribution in [1.82, 2.24) is 0 Å². The van der Waals surface area contributed by atoms with Gasteiger partial charge in [-0.1, -0.05) is 96.8 Å². The zero-order valence-corrected chi connectivity index (χ0v) is 18.5. The molecule has 0 saturated carbocycles. The summed E-state index contributed by atoms with van der Waals surface area (Å²) < 4.78 is 10.6. The van der Waals surface area contributed by atoms with Gasteiger partial charge in [0.05, 0.1) is 0 Å². The molecule has 0 radical (unpaired) electrons. The number of hydrogen-bond acceptors (Lipinski definition) is 3. The van der Waals surface area contributed by atoms with Gasteiger partial charge in [-0.05, 0) is 19.5 Å². The van der Waals surface area contributed by atoms with Crippen LogP contribution in [0.1, 0.15) is 110 Å². The number of hydrogen-bond donors (Lipinski definition) is 0. The van der Waals surface area contributed by atoms with Gasteiger partial charge >= 0.3 is 8.56 Å². The Balaban J connectivity index is 3.20. The molecule has 0 unspecified atom stereocenters. The molecule has 0 atom stereocenters. The Hall–Kier alpha value is -0.353. The maximum absolute atomic E-state index is 11.7. The molecule has 0 aliphatic heterocycles. The van der Waals surface area contributed by atoms with Gasteiger partial charge in [-0.15, -0.1) is 0 Å². The van der Waals surface area contributed by atoms with Gasteiger partial charge in [0.25, 0.3) is 5.97 Å². The predicted octanol–water partition coefficient (Wildman–Crippen LogP) is 7.14. The highest BCUT2D eigenvalue weighted by Crippen LogP contribution is 2.14. The molecule has 0 bridgehead atoms. The van der Waals surface area contributed by atoms with E-state index in [1.165, 1.54) is 83.5 Å². The highest BCUT2D eigenvalue weighted by Gasteiger charge is 2.27. The van der Waals surface area contributed by atoms with Crippen LogP contribution in [0, 0.1) is 0 Å². The summed E-state index contributed by atoms with van der Waals surface area (Å²) in [5.74, 6) is -0.0896. The second-order valence-corrected chi connectivity index (χ2v) is 11.2. The molecule has 0 aromatic heterocycles. The second kappa shape index (κ2) is 17.1. The lowest BCUT2D eigenvalue weighted by Gasteiger charge is -2.19. The third kappa shape index (κ3) is 18.2. The molecule has 0 heterocycles. The second-order valence-electron chi connectivity index (χ2n) is 7.78. The average molecular weight is 373 g/mol. The fourth-order valence-electron chi connectivity index (χ4n) is 3.01. The van der Waals surface area contributed by atoms with Crippen LogP contribution in [0.15, 0.2) is 0 Å². The molecule has 0 N–H and O–H groups in total. The Bertz CT molecular complexity index is 306. The highest BCUT2D eigenvalue weighted by molar-refractivity contribution is 6.66. The van der Waals surface area contributed by atoms with E-state index >= 15 is 0 Å². The normalized spacial score (nSPS) is 11.7. The smallest absolute Gasteiger partial charge is 0.394 e. The van der Waals surface area contributed by atoms with Crippen LogP contribution in [0.4, 0.5) is 0 Å². The molecule has 0 rings (SSSR count). The van der Waals surface area contributed by atoms with E-state index < -0.39 is 8.56 Å². The Morgan fingerprint density at radius 1 is 0.680 bits per heavy atom.